The molecule has 8 heterocycles. The summed E-state index contributed by atoms with van der Waals surface area (Å²) in [7, 11) is -144. The summed E-state index contributed by atoms with van der Waals surface area (Å²) in [5.74, 6) is 0. The van der Waals surface area contributed by atoms with Gasteiger partial charge in [-0.25, -0.2) is 0 Å². The van der Waals surface area contributed by atoms with Gasteiger partial charge in [-0.15, -0.1) is 0 Å². The molecule has 62 nitrogen and oxygen atoms in total. The van der Waals surface area contributed by atoms with Crippen molar-refractivity contribution in [2.45, 2.75) is 0 Å². The van der Waals surface area contributed by atoms with Crippen LogP contribution in [0.5, 0.6) is 0 Å². The van der Waals surface area contributed by atoms with Gasteiger partial charge in [-0.05, 0) is 0 Å². The summed E-state index contributed by atoms with van der Waals surface area (Å²) in [4.78, 5) is 452. The molecular weight excluding hydrogens is 1750 g/mol. The second-order valence-corrected chi connectivity index (χ2v) is 147. The third-order valence-electron chi connectivity index (χ3n) is 10.5. The second-order valence-electron chi connectivity index (χ2n) is 17.4. The summed E-state index contributed by atoms with van der Waals surface area (Å²) in [6.07, 6.45) is 0. The molecule has 89 heteroatoms. The van der Waals surface area contributed by atoms with E-state index in [0.717, 1.165) is 0 Å². The minimum absolute atomic E-state index is 0. The monoisotopic (exact) mass is 1800 g/mol. The lowest BCUT2D eigenvalue weighted by Gasteiger charge is -2.69. The Bertz CT molecular complexity index is 2280. The van der Waals surface area contributed by atoms with Crippen LogP contribution in [0.2, 0.25) is 0 Å². The molecule has 89 heavy (non-hydrogen) atoms. The zero-order valence-electron chi connectivity index (χ0n) is 41.0. The van der Waals surface area contributed by atoms with Crippen molar-refractivity contribution in [2.24, 2.45) is 0 Å². The minimum Gasteiger partial charge on any atom is -0.431 e. The van der Waals surface area contributed by atoms with Gasteiger partial charge in [0.05, 0.1) is 0 Å². The van der Waals surface area contributed by atoms with Crippen molar-refractivity contribution in [1.82, 2.24) is 0 Å². The standard InChI is InChI=1S/H20O20Si12.H12O16Si5.H6O7Si4.H6O7Si2.H4O6Si2.H4O5Si2.H2O/c1-21(2)28(13)19-31(16)25(7,8)30(15)18-22(3)24(5,6)29(14,23(28)4)20-32(17,26(30,9)10)27(31,11)12;1-17(2,3)13-19(7,8)15-21(11,12)16-20(9,10)14-18(4,5)6;1-8(2)10(5)7-11(8,6)9(10,3)4;1-8(2,3)7-9(4,5)6;1-7(2)5-8(3,4)6-7;1-6(2)5-7(6,3)4;/h1-17,21-23H;1-12H;1-6H;1-6H;1-4H;1-4H;1H2. The van der Waals surface area contributed by atoms with E-state index in [1.807, 2.05) is 0 Å². The zero-order chi connectivity index (χ0) is 71.2. The summed E-state index contributed by atoms with van der Waals surface area (Å²) in [5.41, 5.74) is 0. The molecule has 0 radical (unpaired) electrons. The molecule has 0 aromatic heterocycles. The highest BCUT2D eigenvalue weighted by molar-refractivity contribution is 8.11. The molecule has 6 bridgehead atoms. The quantitative estimate of drug-likeness (QED) is 0.0675. The molecule has 8 aliphatic rings. The average Bonchev–Trinajstić information content (AvgIpc) is 3.70. The Hall–Kier alpha value is 3.38. The topological polar surface area (TPSA) is 1140 Å². The number of rotatable bonds is 11. The molecule has 0 spiro atoms. The summed E-state index contributed by atoms with van der Waals surface area (Å²) in [6.45, 7) is 0. The summed E-state index contributed by atoms with van der Waals surface area (Å²) in [6, 6.07) is 0. The fourth-order valence-corrected chi connectivity index (χ4v) is 322. The Morgan fingerprint density at radius 1 is 0.303 bits per heavy atom. The van der Waals surface area contributed by atoms with Gasteiger partial charge in [-0.3, -0.25) is 0 Å². The van der Waals surface area contributed by atoms with Crippen molar-refractivity contribution < 1.29 is 290 Å². The van der Waals surface area contributed by atoms with Crippen LogP contribution in [0.3, 0.4) is 0 Å². The highest BCUT2D eigenvalue weighted by Crippen LogP contribution is 2.55. The molecule has 51 N–H and O–H groups in total. The van der Waals surface area contributed by atoms with Gasteiger partial charge in [0.15, 0.2) is 0 Å². The van der Waals surface area contributed by atoms with E-state index in [1.54, 1.807) is 0 Å². The first-order valence-corrected chi connectivity index (χ1v) is 85.5. The Morgan fingerprint density at radius 2 is 0.539 bits per heavy atom. The predicted octanol–water partition coefficient (Wildman–Crippen LogP) is -40.0. The van der Waals surface area contributed by atoms with Crippen molar-refractivity contribution in [3.05, 3.63) is 0 Å². The van der Waals surface area contributed by atoms with Crippen molar-refractivity contribution >= 4 is 223 Å². The van der Waals surface area contributed by atoms with E-state index in [-0.39, 0.29) is 5.48 Å². The van der Waals surface area contributed by atoms with Gasteiger partial charge in [-0.2, -0.15) is 0 Å². The van der Waals surface area contributed by atoms with Crippen LogP contribution in [0.4, 0.5) is 0 Å². The average molecular weight is 1800 g/mol. The maximum atomic E-state index is 11.0. The lowest BCUT2D eigenvalue weighted by atomic mass is 15.5. The summed E-state index contributed by atoms with van der Waals surface area (Å²) >= 11 is 0. The first-order valence-electron chi connectivity index (χ1n) is 20.2. The fraction of sp³-hybridized carbons (Fsp3) is 0. The molecule has 8 saturated heterocycles. The van der Waals surface area contributed by atoms with Crippen LogP contribution in [-0.4, -0.2) is 463 Å². The van der Waals surface area contributed by atoms with E-state index in [4.69, 9.17) is 158 Å². The van der Waals surface area contributed by atoms with E-state index in [2.05, 4.69) is 45.3 Å². The molecule has 0 amide bonds. The Kier molecular flexibility index (Phi) is 26.7. The van der Waals surface area contributed by atoms with Gasteiger partial charge < -0.3 is 290 Å². The van der Waals surface area contributed by atoms with Gasteiger partial charge >= 0.3 is 214 Å². The van der Waals surface area contributed by atoms with Crippen LogP contribution in [0.25, 0.3) is 0 Å². The third-order valence-corrected chi connectivity index (χ3v) is 227. The Labute approximate surface area is 509 Å². The van der Waals surface area contributed by atoms with Crippen LogP contribution in [0.1, 0.15) is 0 Å². The van der Waals surface area contributed by atoms with Gasteiger partial charge in [0.1, 0.15) is 0 Å². The van der Waals surface area contributed by atoms with Crippen LogP contribution < -0.4 is 0 Å². The zero-order valence-corrected chi connectivity index (χ0v) is 68.5. The largest absolute Gasteiger partial charge is 0.665 e. The fourth-order valence-electron chi connectivity index (χ4n) is 6.38. The molecule has 7 unspecified atom stereocenters. The van der Waals surface area contributed by atoms with Crippen LogP contribution in [0, 0.1) is 0 Å². The van der Waals surface area contributed by atoms with E-state index in [9.17, 15) is 81.5 Å². The van der Waals surface area contributed by atoms with Crippen LogP contribution >= 0.6 is 0 Å². The van der Waals surface area contributed by atoms with Gasteiger partial charge in [0.25, 0.3) is 8.08 Å². The Balaban J connectivity index is 0.000000591. The third kappa shape index (κ3) is 17.5. The van der Waals surface area contributed by atoms with E-state index in [1.165, 1.54) is 0 Å². The molecule has 0 aliphatic carbocycles. The lowest BCUT2D eigenvalue weighted by molar-refractivity contribution is -0.0486. The van der Waals surface area contributed by atoms with Crippen LogP contribution in [-0.2, 0) is 49.4 Å². The first kappa shape index (κ1) is 90.4. The molecule has 0 aromatic rings. The minimum atomic E-state index is -6.69. The smallest absolute Gasteiger partial charge is 0.431 e. The Morgan fingerprint density at radius 3 is 0.742 bits per heavy atom. The molecule has 7 atom stereocenters. The van der Waals surface area contributed by atoms with E-state index >= 15 is 0 Å². The van der Waals surface area contributed by atoms with Crippen molar-refractivity contribution in [1.29, 1.82) is 0 Å². The highest BCUT2D eigenvalue weighted by atomic mass is 30.3. The summed E-state index contributed by atoms with van der Waals surface area (Å²) < 4.78 is 46.9. The molecule has 8 fully saturated rings. The number of hydrogen-bond donors (Lipinski definition) is 49. The van der Waals surface area contributed by atoms with Crippen molar-refractivity contribution in [2.75, 3.05) is 0 Å². The normalized spacial score (nSPS) is 36.6. The van der Waals surface area contributed by atoms with Crippen molar-refractivity contribution in [3.8, 4) is 0 Å². The molecule has 0 aromatic carbocycles. The lowest BCUT2D eigenvalue weighted by Crippen LogP contribution is -3.21. The van der Waals surface area contributed by atoms with Crippen molar-refractivity contribution in [3.63, 3.8) is 0 Å². The van der Waals surface area contributed by atoms with E-state index in [0.29, 0.717) is 0 Å². The first-order chi connectivity index (χ1) is 37.5. The maximum Gasteiger partial charge on any atom is 0.665 e. The molecule has 0 saturated carbocycles. The molecule has 8 rings (SSSR count). The SMILES string of the molecule is O.O[SiH](O)[Si]1(O)O[Si]2(O)[Si](O)(O)[Si]3(O)O[SiH](O)[Si](O)(O)[Si](O)(O[Si](O)([Si]3(O)O)[Si]2(O)O)[SiH]1O.O[Si](O)(O)O[Si](O)(O)O.O[Si](O)(O)O[Si](O)(O)O[Si](O)(O)O[Si](O)(O)O[Si](O)(O)O.O[Si]1(O)O[Si](O)(O)O1.O[Si]1(O)O[Si]1(O)O.O[Si]1(O)[Si]2(O)O[Si]1(O)[Si]2(O)O. The summed E-state index contributed by atoms with van der Waals surface area (Å²) in [5, 5.41) is 0. The highest BCUT2D eigenvalue weighted by Gasteiger charge is 3.14. The number of fused-ring (bicyclic) bond motifs is 3. The molecule has 534 valence electrons. The maximum absolute atomic E-state index is 11.0. The van der Waals surface area contributed by atoms with Gasteiger partial charge in [0, 0.05) is 0 Å². The molecule has 8 aliphatic heterocycles. The molecular formula is H54O62Si27. The predicted molar refractivity (Wildman–Crippen MR) is 285 cm³/mol. The second kappa shape index (κ2) is 26.3. The van der Waals surface area contributed by atoms with Gasteiger partial charge in [-0.1, -0.05) is 0 Å². The van der Waals surface area contributed by atoms with Crippen LogP contribution in [0.15, 0.2) is 0 Å². The number of hydrogen-bond acceptors (Lipinski definition) is 61. The van der Waals surface area contributed by atoms with E-state index < -0.39 is 223 Å². The van der Waals surface area contributed by atoms with Gasteiger partial charge in [0.2, 0.25) is 0 Å².